The number of hydrogen-bond donors (Lipinski definition) is 1. The first-order valence-electron chi connectivity index (χ1n) is 8.03. The molecule has 1 saturated heterocycles. The zero-order valence-corrected chi connectivity index (χ0v) is 14.0. The second kappa shape index (κ2) is 7.38. The Kier molecular flexibility index (Phi) is 5.26. The van der Waals surface area contributed by atoms with Gasteiger partial charge in [0.15, 0.2) is 0 Å². The first kappa shape index (κ1) is 15.7. The topological polar surface area (TPSA) is 32.5 Å². The number of piperazine rings is 1. The van der Waals surface area contributed by atoms with Gasteiger partial charge in [0.1, 0.15) is 0 Å². The van der Waals surface area contributed by atoms with Crippen molar-refractivity contribution in [2.45, 2.75) is 25.6 Å². The molecule has 2 heterocycles. The molecule has 0 amide bonds. The molecule has 1 aliphatic rings. The van der Waals surface area contributed by atoms with Crippen molar-refractivity contribution in [2.75, 3.05) is 26.2 Å². The van der Waals surface area contributed by atoms with Gasteiger partial charge in [0.25, 0.3) is 0 Å². The molecule has 1 aromatic heterocycles. The molecule has 118 valence electrons. The van der Waals surface area contributed by atoms with Crippen molar-refractivity contribution >= 4 is 11.3 Å². The van der Waals surface area contributed by atoms with E-state index in [-0.39, 0.29) is 6.04 Å². The number of rotatable bonds is 5. The van der Waals surface area contributed by atoms with E-state index in [1.165, 1.54) is 10.4 Å². The maximum Gasteiger partial charge on any atom is 0.0591 e. The van der Waals surface area contributed by atoms with Gasteiger partial charge in [-0.15, -0.1) is 11.3 Å². The van der Waals surface area contributed by atoms with E-state index in [9.17, 15) is 0 Å². The molecule has 0 spiro atoms. The normalized spacial score (nSPS) is 19.9. The molecule has 4 heteroatoms. The Morgan fingerprint density at radius 3 is 2.36 bits per heavy atom. The van der Waals surface area contributed by atoms with E-state index < -0.39 is 0 Å². The molecular weight excluding hydrogens is 290 g/mol. The van der Waals surface area contributed by atoms with Crippen LogP contribution in [0.2, 0.25) is 0 Å². The summed E-state index contributed by atoms with van der Waals surface area (Å²) < 4.78 is 0. The molecule has 3 rings (SSSR count). The fourth-order valence-corrected chi connectivity index (χ4v) is 4.25. The van der Waals surface area contributed by atoms with E-state index in [0.29, 0.717) is 6.04 Å². The molecule has 0 saturated carbocycles. The van der Waals surface area contributed by atoms with E-state index >= 15 is 0 Å². The minimum Gasteiger partial charge on any atom is -0.326 e. The van der Waals surface area contributed by atoms with Crippen LogP contribution >= 0.6 is 11.3 Å². The lowest BCUT2D eigenvalue weighted by Gasteiger charge is -2.40. The molecule has 1 aliphatic heterocycles. The summed E-state index contributed by atoms with van der Waals surface area (Å²) in [6.45, 7) is 7.60. The lowest BCUT2D eigenvalue weighted by atomic mass is 10.1. The van der Waals surface area contributed by atoms with Gasteiger partial charge in [0.05, 0.1) is 6.04 Å². The van der Waals surface area contributed by atoms with Crippen molar-refractivity contribution in [1.82, 2.24) is 9.80 Å². The minimum atomic E-state index is 0.166. The molecule has 2 N–H and O–H groups in total. The molecule has 0 bridgehead atoms. The van der Waals surface area contributed by atoms with E-state index in [2.05, 4.69) is 64.6 Å². The van der Waals surface area contributed by atoms with Crippen LogP contribution in [0.25, 0.3) is 0 Å². The molecule has 3 nitrogen and oxygen atoms in total. The van der Waals surface area contributed by atoms with Gasteiger partial charge >= 0.3 is 0 Å². The summed E-state index contributed by atoms with van der Waals surface area (Å²) in [4.78, 5) is 6.49. The lowest BCUT2D eigenvalue weighted by Crippen LogP contribution is -2.50. The average molecular weight is 315 g/mol. The molecule has 0 radical (unpaired) electrons. The lowest BCUT2D eigenvalue weighted by molar-refractivity contribution is 0.0842. The quantitative estimate of drug-likeness (QED) is 0.921. The third-order valence-corrected chi connectivity index (χ3v) is 5.32. The van der Waals surface area contributed by atoms with Crippen LogP contribution in [0.4, 0.5) is 0 Å². The van der Waals surface area contributed by atoms with Crippen molar-refractivity contribution < 1.29 is 0 Å². The van der Waals surface area contributed by atoms with Crippen molar-refractivity contribution in [3.63, 3.8) is 0 Å². The van der Waals surface area contributed by atoms with Crippen LogP contribution in [0, 0.1) is 0 Å². The van der Waals surface area contributed by atoms with Crippen LogP contribution in [-0.4, -0.2) is 42.0 Å². The Labute approximate surface area is 137 Å². The highest BCUT2D eigenvalue weighted by molar-refractivity contribution is 7.10. The third-order valence-electron chi connectivity index (χ3n) is 4.38. The van der Waals surface area contributed by atoms with Crippen LogP contribution in [0.5, 0.6) is 0 Å². The molecule has 2 atom stereocenters. The van der Waals surface area contributed by atoms with Crippen molar-refractivity contribution in [3.05, 3.63) is 58.3 Å². The highest BCUT2D eigenvalue weighted by Crippen LogP contribution is 2.28. The highest BCUT2D eigenvalue weighted by Gasteiger charge is 2.28. The van der Waals surface area contributed by atoms with Crippen LogP contribution < -0.4 is 5.73 Å². The first-order chi connectivity index (χ1) is 10.7. The Morgan fingerprint density at radius 1 is 1.05 bits per heavy atom. The van der Waals surface area contributed by atoms with E-state index in [1.54, 1.807) is 0 Å². The summed E-state index contributed by atoms with van der Waals surface area (Å²) in [5.74, 6) is 0. The summed E-state index contributed by atoms with van der Waals surface area (Å²) >= 11 is 1.82. The smallest absolute Gasteiger partial charge is 0.0591 e. The number of nitrogens with zero attached hydrogens (tertiary/aromatic N) is 2. The monoisotopic (exact) mass is 315 g/mol. The minimum absolute atomic E-state index is 0.166. The Bertz CT molecular complexity index is 545. The van der Waals surface area contributed by atoms with Gasteiger partial charge in [-0.1, -0.05) is 36.4 Å². The summed E-state index contributed by atoms with van der Waals surface area (Å²) in [6.07, 6.45) is 0. The van der Waals surface area contributed by atoms with Crippen molar-refractivity contribution in [2.24, 2.45) is 5.73 Å². The summed E-state index contributed by atoms with van der Waals surface area (Å²) in [7, 11) is 0. The number of nitrogens with two attached hydrogens (primary N) is 1. The highest BCUT2D eigenvalue weighted by atomic mass is 32.1. The molecule has 1 aromatic carbocycles. The third kappa shape index (κ3) is 3.76. The van der Waals surface area contributed by atoms with Gasteiger partial charge in [-0.2, -0.15) is 0 Å². The predicted octanol–water partition coefficient (Wildman–Crippen LogP) is 2.95. The Morgan fingerprint density at radius 2 is 1.77 bits per heavy atom. The van der Waals surface area contributed by atoms with Gasteiger partial charge in [-0.25, -0.2) is 0 Å². The van der Waals surface area contributed by atoms with Gasteiger partial charge in [-0.05, 0) is 23.9 Å². The Hall–Kier alpha value is -1.20. The summed E-state index contributed by atoms with van der Waals surface area (Å²) in [5.41, 5.74) is 7.67. The summed E-state index contributed by atoms with van der Waals surface area (Å²) in [5, 5.41) is 2.15. The van der Waals surface area contributed by atoms with E-state index in [0.717, 1.165) is 32.7 Å². The number of thiophene rings is 1. The van der Waals surface area contributed by atoms with Crippen LogP contribution in [0.1, 0.15) is 23.4 Å². The zero-order valence-electron chi connectivity index (χ0n) is 13.2. The first-order valence-corrected chi connectivity index (χ1v) is 8.91. The molecule has 1 fully saturated rings. The van der Waals surface area contributed by atoms with Crippen molar-refractivity contribution in [1.29, 1.82) is 0 Å². The van der Waals surface area contributed by atoms with Crippen LogP contribution in [-0.2, 0) is 6.54 Å². The maximum atomic E-state index is 6.27. The second-order valence-electron chi connectivity index (χ2n) is 6.12. The van der Waals surface area contributed by atoms with Crippen molar-refractivity contribution in [3.8, 4) is 0 Å². The molecule has 0 aliphatic carbocycles. The molecule has 2 unspecified atom stereocenters. The van der Waals surface area contributed by atoms with Crippen LogP contribution in [0.15, 0.2) is 47.8 Å². The summed E-state index contributed by atoms with van der Waals surface area (Å²) in [6, 6.07) is 15.6. The zero-order chi connectivity index (χ0) is 15.4. The average Bonchev–Trinajstić information content (AvgIpc) is 3.04. The largest absolute Gasteiger partial charge is 0.326 e. The molecular formula is C18H25N3S. The van der Waals surface area contributed by atoms with Gasteiger partial charge in [-0.3, -0.25) is 9.80 Å². The van der Waals surface area contributed by atoms with Crippen LogP contribution in [0.3, 0.4) is 0 Å². The van der Waals surface area contributed by atoms with Gasteiger partial charge in [0.2, 0.25) is 0 Å². The standard InChI is InChI=1S/C18H25N3S/c1-15(19)18(17-8-5-13-22-17)21-11-9-20(10-12-21)14-16-6-3-2-4-7-16/h2-8,13,15,18H,9-12,14,19H2,1H3. The molecule has 2 aromatic rings. The van der Waals surface area contributed by atoms with E-state index in [4.69, 9.17) is 5.73 Å². The number of benzene rings is 1. The Balaban J connectivity index is 1.58. The predicted molar refractivity (Wildman–Crippen MR) is 94.0 cm³/mol. The van der Waals surface area contributed by atoms with Gasteiger partial charge in [0, 0.05) is 43.6 Å². The maximum absolute atomic E-state index is 6.27. The van der Waals surface area contributed by atoms with E-state index in [1.807, 2.05) is 11.3 Å². The fraction of sp³-hybridized carbons (Fsp3) is 0.444. The molecule has 22 heavy (non-hydrogen) atoms. The fourth-order valence-electron chi connectivity index (χ4n) is 3.27. The van der Waals surface area contributed by atoms with Gasteiger partial charge < -0.3 is 5.73 Å². The number of hydrogen-bond acceptors (Lipinski definition) is 4. The second-order valence-corrected chi connectivity index (χ2v) is 7.10. The SMILES string of the molecule is CC(N)C(c1cccs1)N1CCN(Cc2ccccc2)CC1.